The van der Waals surface area contributed by atoms with E-state index in [2.05, 4.69) is 17.0 Å². The molecule has 1 heterocycles. The third kappa shape index (κ3) is 3.78. The van der Waals surface area contributed by atoms with E-state index in [1.807, 2.05) is 24.1 Å². The summed E-state index contributed by atoms with van der Waals surface area (Å²) in [5, 5.41) is 0. The molecule has 2 rings (SSSR count). The number of carbonyl (C=O) groups excluding carboxylic acids is 1. The molecule has 0 radical (unpaired) electrons. The van der Waals surface area contributed by atoms with Crippen molar-refractivity contribution in [1.29, 1.82) is 0 Å². The molecule has 1 aromatic rings. The van der Waals surface area contributed by atoms with Crippen LogP contribution in [-0.4, -0.2) is 44.0 Å². The Morgan fingerprint density at radius 1 is 1.26 bits per heavy atom. The SMILES string of the molecule is CN1CCN(c2cccc(CCCCN)c2)C(=O)C1. The first-order valence-corrected chi connectivity index (χ1v) is 6.98. The van der Waals surface area contributed by atoms with Crippen molar-refractivity contribution in [2.45, 2.75) is 19.3 Å². The van der Waals surface area contributed by atoms with Crippen molar-refractivity contribution in [1.82, 2.24) is 4.90 Å². The lowest BCUT2D eigenvalue weighted by molar-refractivity contribution is -0.120. The summed E-state index contributed by atoms with van der Waals surface area (Å²) in [6, 6.07) is 8.33. The van der Waals surface area contributed by atoms with E-state index in [-0.39, 0.29) is 5.91 Å². The summed E-state index contributed by atoms with van der Waals surface area (Å²) in [6.45, 7) is 2.97. The van der Waals surface area contributed by atoms with Gasteiger partial charge in [0.25, 0.3) is 0 Å². The molecule has 0 bridgehead atoms. The Hall–Kier alpha value is -1.39. The summed E-state index contributed by atoms with van der Waals surface area (Å²) in [5.74, 6) is 0.188. The lowest BCUT2D eigenvalue weighted by atomic mass is 10.1. The second-order valence-electron chi connectivity index (χ2n) is 5.20. The molecule has 1 aromatic carbocycles. The number of piperazine rings is 1. The zero-order valence-corrected chi connectivity index (χ0v) is 11.6. The van der Waals surface area contributed by atoms with E-state index in [9.17, 15) is 4.79 Å². The monoisotopic (exact) mass is 261 g/mol. The van der Waals surface area contributed by atoms with Gasteiger partial charge in [0.1, 0.15) is 0 Å². The third-order valence-corrected chi connectivity index (χ3v) is 3.55. The van der Waals surface area contributed by atoms with Crippen LogP contribution in [0.15, 0.2) is 24.3 Å². The van der Waals surface area contributed by atoms with Gasteiger partial charge < -0.3 is 10.6 Å². The van der Waals surface area contributed by atoms with Crippen molar-refractivity contribution >= 4 is 11.6 Å². The van der Waals surface area contributed by atoms with Gasteiger partial charge in [-0.15, -0.1) is 0 Å². The molecule has 104 valence electrons. The quantitative estimate of drug-likeness (QED) is 0.812. The van der Waals surface area contributed by atoms with E-state index in [0.29, 0.717) is 6.54 Å². The molecule has 19 heavy (non-hydrogen) atoms. The Labute approximate surface area is 115 Å². The van der Waals surface area contributed by atoms with Gasteiger partial charge in [-0.25, -0.2) is 0 Å². The number of benzene rings is 1. The molecular formula is C15H23N3O. The molecule has 0 saturated carbocycles. The van der Waals surface area contributed by atoms with E-state index in [1.165, 1.54) is 5.56 Å². The maximum Gasteiger partial charge on any atom is 0.241 e. The van der Waals surface area contributed by atoms with Crippen LogP contribution in [0, 0.1) is 0 Å². The van der Waals surface area contributed by atoms with E-state index in [4.69, 9.17) is 5.73 Å². The molecule has 2 N–H and O–H groups in total. The zero-order valence-electron chi connectivity index (χ0n) is 11.6. The molecule has 1 amide bonds. The molecule has 4 heteroatoms. The van der Waals surface area contributed by atoms with Crippen LogP contribution in [0.2, 0.25) is 0 Å². The lowest BCUT2D eigenvalue weighted by Gasteiger charge is -2.32. The van der Waals surface area contributed by atoms with Gasteiger partial charge in [-0.3, -0.25) is 9.69 Å². The summed E-state index contributed by atoms with van der Waals surface area (Å²) in [6.07, 6.45) is 3.20. The predicted molar refractivity (Wildman–Crippen MR) is 78.3 cm³/mol. The maximum atomic E-state index is 12.0. The summed E-state index contributed by atoms with van der Waals surface area (Å²) >= 11 is 0. The number of anilines is 1. The van der Waals surface area contributed by atoms with Crippen LogP contribution in [0.4, 0.5) is 5.69 Å². The Morgan fingerprint density at radius 2 is 2.11 bits per heavy atom. The van der Waals surface area contributed by atoms with E-state index >= 15 is 0 Å². The van der Waals surface area contributed by atoms with Crippen LogP contribution < -0.4 is 10.6 Å². The van der Waals surface area contributed by atoms with Crippen molar-refractivity contribution in [2.75, 3.05) is 38.1 Å². The highest BCUT2D eigenvalue weighted by Crippen LogP contribution is 2.19. The van der Waals surface area contributed by atoms with Crippen LogP contribution in [0.5, 0.6) is 0 Å². The molecule has 1 aliphatic rings. The van der Waals surface area contributed by atoms with Gasteiger partial charge in [-0.05, 0) is 50.6 Å². The van der Waals surface area contributed by atoms with Crippen LogP contribution in [0.1, 0.15) is 18.4 Å². The highest BCUT2D eigenvalue weighted by Gasteiger charge is 2.22. The molecule has 1 saturated heterocycles. The highest BCUT2D eigenvalue weighted by molar-refractivity contribution is 5.95. The first-order valence-electron chi connectivity index (χ1n) is 6.98. The Balaban J connectivity index is 2.03. The minimum atomic E-state index is 0.188. The van der Waals surface area contributed by atoms with Gasteiger partial charge >= 0.3 is 0 Å². The zero-order chi connectivity index (χ0) is 13.7. The highest BCUT2D eigenvalue weighted by atomic mass is 16.2. The summed E-state index contributed by atoms with van der Waals surface area (Å²) in [5.41, 5.74) is 7.83. The molecule has 4 nitrogen and oxygen atoms in total. The van der Waals surface area contributed by atoms with Gasteiger partial charge in [0.05, 0.1) is 6.54 Å². The van der Waals surface area contributed by atoms with Crippen LogP contribution in [-0.2, 0) is 11.2 Å². The number of amides is 1. The van der Waals surface area contributed by atoms with Crippen molar-refractivity contribution in [3.63, 3.8) is 0 Å². The topological polar surface area (TPSA) is 49.6 Å². The summed E-state index contributed by atoms with van der Waals surface area (Å²) in [7, 11) is 1.98. The first kappa shape index (κ1) is 14.0. The molecule has 0 unspecified atom stereocenters. The second kappa shape index (κ2) is 6.68. The molecule has 0 atom stereocenters. The van der Waals surface area contributed by atoms with E-state index in [1.54, 1.807) is 0 Å². The fraction of sp³-hybridized carbons (Fsp3) is 0.533. The number of aryl methyl sites for hydroxylation is 1. The van der Waals surface area contributed by atoms with Gasteiger partial charge in [0, 0.05) is 18.8 Å². The van der Waals surface area contributed by atoms with Gasteiger partial charge in [-0.1, -0.05) is 12.1 Å². The fourth-order valence-electron chi connectivity index (χ4n) is 2.42. The average molecular weight is 261 g/mol. The standard InChI is InChI=1S/C15H23N3O/c1-17-9-10-18(15(19)12-17)14-7-4-6-13(11-14)5-2-3-8-16/h4,6-7,11H,2-3,5,8-10,12,16H2,1H3. The number of nitrogens with two attached hydrogens (primary N) is 1. The Kier molecular flexibility index (Phi) is 4.93. The first-order chi connectivity index (χ1) is 9.20. The maximum absolute atomic E-state index is 12.0. The smallest absolute Gasteiger partial charge is 0.241 e. The van der Waals surface area contributed by atoms with Gasteiger partial charge in [-0.2, -0.15) is 0 Å². The van der Waals surface area contributed by atoms with Gasteiger partial charge in [0.15, 0.2) is 0 Å². The van der Waals surface area contributed by atoms with Crippen molar-refractivity contribution in [3.05, 3.63) is 29.8 Å². The predicted octanol–water partition coefficient (Wildman–Crippen LogP) is 1.25. The average Bonchev–Trinajstić information content (AvgIpc) is 2.39. The molecule has 0 aromatic heterocycles. The summed E-state index contributed by atoms with van der Waals surface area (Å²) in [4.78, 5) is 16.0. The number of likely N-dealkylation sites (N-methyl/N-ethyl adjacent to an activating group) is 1. The van der Waals surface area contributed by atoms with Crippen LogP contribution in [0.25, 0.3) is 0 Å². The molecule has 0 spiro atoms. The van der Waals surface area contributed by atoms with Gasteiger partial charge in [0.2, 0.25) is 5.91 Å². The minimum absolute atomic E-state index is 0.188. The molecule has 1 fully saturated rings. The molecule has 1 aliphatic heterocycles. The number of rotatable bonds is 5. The van der Waals surface area contributed by atoms with Crippen molar-refractivity contribution < 1.29 is 4.79 Å². The van der Waals surface area contributed by atoms with E-state index in [0.717, 1.165) is 44.6 Å². The summed E-state index contributed by atoms with van der Waals surface area (Å²) < 4.78 is 0. The van der Waals surface area contributed by atoms with Crippen LogP contribution in [0.3, 0.4) is 0 Å². The van der Waals surface area contributed by atoms with Crippen molar-refractivity contribution in [2.24, 2.45) is 5.73 Å². The Morgan fingerprint density at radius 3 is 2.84 bits per heavy atom. The number of hydrogen-bond acceptors (Lipinski definition) is 3. The normalized spacial score (nSPS) is 16.9. The molecule has 0 aliphatic carbocycles. The molecular weight excluding hydrogens is 238 g/mol. The Bertz CT molecular complexity index is 433. The van der Waals surface area contributed by atoms with E-state index < -0.39 is 0 Å². The van der Waals surface area contributed by atoms with Crippen molar-refractivity contribution in [3.8, 4) is 0 Å². The second-order valence-corrected chi connectivity index (χ2v) is 5.20. The fourth-order valence-corrected chi connectivity index (χ4v) is 2.42. The minimum Gasteiger partial charge on any atom is -0.330 e. The number of hydrogen-bond donors (Lipinski definition) is 1. The number of nitrogens with zero attached hydrogens (tertiary/aromatic N) is 2. The largest absolute Gasteiger partial charge is 0.330 e. The number of carbonyl (C=O) groups is 1. The third-order valence-electron chi connectivity index (χ3n) is 3.55. The number of unbranched alkanes of at least 4 members (excludes halogenated alkanes) is 1. The van der Waals surface area contributed by atoms with Crippen LogP contribution >= 0.6 is 0 Å². The lowest BCUT2D eigenvalue weighted by Crippen LogP contribution is -2.48.